The summed E-state index contributed by atoms with van der Waals surface area (Å²) in [4.78, 5) is 26.7. The van der Waals surface area contributed by atoms with Gasteiger partial charge < -0.3 is 10.0 Å². The largest absolute Gasteiger partial charge is 0.481 e. The maximum Gasteiger partial charge on any atom is 0.313 e. The number of fused-ring (bicyclic) bond motifs is 1. The van der Waals surface area contributed by atoms with Gasteiger partial charge in [0.1, 0.15) is 5.92 Å². The predicted molar refractivity (Wildman–Crippen MR) is 87.3 cm³/mol. The molecule has 0 saturated carbocycles. The van der Waals surface area contributed by atoms with E-state index >= 15 is 0 Å². The number of carbonyl (C=O) groups excluding carboxylic acids is 1. The third-order valence-electron chi connectivity index (χ3n) is 4.34. The summed E-state index contributed by atoms with van der Waals surface area (Å²) in [6, 6.07) is 15.8. The number of benzene rings is 2. The molecule has 0 radical (unpaired) electrons. The summed E-state index contributed by atoms with van der Waals surface area (Å²) >= 11 is 0. The first-order valence-corrected chi connectivity index (χ1v) is 7.71. The van der Waals surface area contributed by atoms with Crippen LogP contribution in [0, 0.1) is 0 Å². The minimum Gasteiger partial charge on any atom is -0.481 e. The summed E-state index contributed by atoms with van der Waals surface area (Å²) in [6.07, 6.45) is 0. The van der Waals surface area contributed by atoms with Crippen molar-refractivity contribution in [3.05, 3.63) is 71.3 Å². The molecule has 3 rings (SSSR count). The van der Waals surface area contributed by atoms with Crippen LogP contribution in [0.25, 0.3) is 0 Å². The summed E-state index contributed by atoms with van der Waals surface area (Å²) in [5.74, 6) is -1.79. The molecular formula is C19H19NO3. The smallest absolute Gasteiger partial charge is 0.313 e. The fourth-order valence-electron chi connectivity index (χ4n) is 3.39. The lowest BCUT2D eigenvalue weighted by Gasteiger charge is -2.43. The Morgan fingerprint density at radius 2 is 1.65 bits per heavy atom. The molecule has 0 fully saturated rings. The molecule has 2 aromatic carbocycles. The molecule has 0 spiro atoms. The van der Waals surface area contributed by atoms with Crippen LogP contribution in [0.5, 0.6) is 0 Å². The van der Waals surface area contributed by atoms with E-state index in [9.17, 15) is 14.7 Å². The van der Waals surface area contributed by atoms with Gasteiger partial charge in [0.05, 0.1) is 6.04 Å². The number of amides is 1. The molecule has 0 bridgehead atoms. The standard InChI is InChI=1S/C19H19NO3/c1-12(2)20-17(13-8-4-3-5-9-13)16(19(22)23)14-10-6-7-11-15(14)18(20)21/h3-12,16-17H,1-2H3,(H,22,23)/t16-,17-/m0/s1. The van der Waals surface area contributed by atoms with Gasteiger partial charge in [-0.2, -0.15) is 0 Å². The lowest BCUT2D eigenvalue weighted by molar-refractivity contribution is -0.140. The molecule has 118 valence electrons. The molecule has 0 aliphatic carbocycles. The van der Waals surface area contributed by atoms with Crippen LogP contribution in [0.15, 0.2) is 54.6 Å². The average molecular weight is 309 g/mol. The average Bonchev–Trinajstić information content (AvgIpc) is 2.54. The summed E-state index contributed by atoms with van der Waals surface area (Å²) < 4.78 is 0. The molecule has 1 N–H and O–H groups in total. The molecule has 2 aromatic rings. The van der Waals surface area contributed by atoms with E-state index in [1.165, 1.54) is 0 Å². The normalized spacial score (nSPS) is 20.5. The summed E-state index contributed by atoms with van der Waals surface area (Å²) in [7, 11) is 0. The summed E-state index contributed by atoms with van der Waals surface area (Å²) in [6.45, 7) is 3.83. The summed E-state index contributed by atoms with van der Waals surface area (Å²) in [5, 5.41) is 9.86. The lowest BCUT2D eigenvalue weighted by Crippen LogP contribution is -2.48. The molecule has 0 saturated heterocycles. The predicted octanol–water partition coefficient (Wildman–Crippen LogP) is 3.46. The number of aliphatic carboxylic acids is 1. The minimum absolute atomic E-state index is 0.0945. The highest BCUT2D eigenvalue weighted by atomic mass is 16.4. The van der Waals surface area contributed by atoms with Crippen molar-refractivity contribution < 1.29 is 14.7 Å². The van der Waals surface area contributed by atoms with Crippen LogP contribution in [0.4, 0.5) is 0 Å². The maximum atomic E-state index is 12.9. The zero-order valence-corrected chi connectivity index (χ0v) is 13.1. The van der Waals surface area contributed by atoms with E-state index in [1.54, 1.807) is 29.2 Å². The van der Waals surface area contributed by atoms with Crippen LogP contribution in [0.2, 0.25) is 0 Å². The molecule has 4 nitrogen and oxygen atoms in total. The van der Waals surface area contributed by atoms with E-state index in [2.05, 4.69) is 0 Å². The molecule has 1 heterocycles. The van der Waals surface area contributed by atoms with Crippen molar-refractivity contribution in [3.63, 3.8) is 0 Å². The topological polar surface area (TPSA) is 57.6 Å². The monoisotopic (exact) mass is 309 g/mol. The molecule has 23 heavy (non-hydrogen) atoms. The van der Waals surface area contributed by atoms with Crippen LogP contribution in [-0.4, -0.2) is 27.9 Å². The van der Waals surface area contributed by atoms with Crippen molar-refractivity contribution >= 4 is 11.9 Å². The van der Waals surface area contributed by atoms with E-state index in [0.29, 0.717) is 11.1 Å². The molecule has 0 unspecified atom stereocenters. The Bertz CT molecular complexity index is 739. The Morgan fingerprint density at radius 1 is 1.04 bits per heavy atom. The zero-order valence-electron chi connectivity index (χ0n) is 13.1. The van der Waals surface area contributed by atoms with Crippen molar-refractivity contribution in [2.24, 2.45) is 0 Å². The van der Waals surface area contributed by atoms with E-state index in [-0.39, 0.29) is 11.9 Å². The van der Waals surface area contributed by atoms with Gasteiger partial charge in [-0.1, -0.05) is 48.5 Å². The lowest BCUT2D eigenvalue weighted by atomic mass is 9.79. The van der Waals surface area contributed by atoms with Crippen molar-refractivity contribution in [1.82, 2.24) is 4.90 Å². The second-order valence-electron chi connectivity index (χ2n) is 6.06. The molecule has 1 aliphatic heterocycles. The van der Waals surface area contributed by atoms with Gasteiger partial charge in [-0.25, -0.2) is 0 Å². The number of carboxylic acid groups (broad SMARTS) is 1. The van der Waals surface area contributed by atoms with Crippen LogP contribution in [0.1, 0.15) is 47.3 Å². The van der Waals surface area contributed by atoms with E-state index in [4.69, 9.17) is 0 Å². The number of hydrogen-bond donors (Lipinski definition) is 1. The number of carbonyl (C=O) groups is 2. The first kappa shape index (κ1) is 15.3. The Kier molecular flexibility index (Phi) is 3.90. The quantitative estimate of drug-likeness (QED) is 0.944. The van der Waals surface area contributed by atoms with Crippen LogP contribution in [-0.2, 0) is 4.79 Å². The van der Waals surface area contributed by atoms with Crippen LogP contribution in [0.3, 0.4) is 0 Å². The molecule has 1 amide bonds. The second-order valence-corrected chi connectivity index (χ2v) is 6.06. The van der Waals surface area contributed by atoms with Gasteiger partial charge >= 0.3 is 5.97 Å². The SMILES string of the molecule is CC(C)N1C(=O)c2ccccc2[C@H](C(=O)O)[C@@H]1c1ccccc1. The molecule has 1 aliphatic rings. The fraction of sp³-hybridized carbons (Fsp3) is 0.263. The fourth-order valence-corrected chi connectivity index (χ4v) is 3.39. The molecule has 2 atom stereocenters. The van der Waals surface area contributed by atoms with Gasteiger partial charge in [0.25, 0.3) is 5.91 Å². The van der Waals surface area contributed by atoms with Crippen molar-refractivity contribution in [3.8, 4) is 0 Å². The van der Waals surface area contributed by atoms with Crippen molar-refractivity contribution in [2.45, 2.75) is 31.8 Å². The Balaban J connectivity index is 2.25. The van der Waals surface area contributed by atoms with Gasteiger partial charge in [0, 0.05) is 11.6 Å². The Labute approximate surface area is 135 Å². The summed E-state index contributed by atoms with van der Waals surface area (Å²) in [5.41, 5.74) is 1.92. The number of carboxylic acids is 1. The first-order chi connectivity index (χ1) is 11.0. The maximum absolute atomic E-state index is 12.9. The zero-order chi connectivity index (χ0) is 16.6. The van der Waals surface area contributed by atoms with E-state index in [0.717, 1.165) is 5.56 Å². The first-order valence-electron chi connectivity index (χ1n) is 7.71. The Hall–Kier alpha value is -2.62. The van der Waals surface area contributed by atoms with Crippen molar-refractivity contribution in [1.29, 1.82) is 0 Å². The minimum atomic E-state index is -0.913. The second kappa shape index (κ2) is 5.88. The Morgan fingerprint density at radius 3 is 2.26 bits per heavy atom. The van der Waals surface area contributed by atoms with Crippen LogP contribution < -0.4 is 0 Å². The highest BCUT2D eigenvalue weighted by molar-refractivity contribution is 6.00. The van der Waals surface area contributed by atoms with Gasteiger partial charge in [0.15, 0.2) is 0 Å². The third-order valence-corrected chi connectivity index (χ3v) is 4.34. The third kappa shape index (κ3) is 2.50. The van der Waals surface area contributed by atoms with Gasteiger partial charge in [-0.3, -0.25) is 9.59 Å². The van der Waals surface area contributed by atoms with Gasteiger partial charge in [0.2, 0.25) is 0 Å². The van der Waals surface area contributed by atoms with E-state index < -0.39 is 17.9 Å². The molecular weight excluding hydrogens is 290 g/mol. The van der Waals surface area contributed by atoms with Gasteiger partial charge in [-0.05, 0) is 31.0 Å². The molecule has 0 aromatic heterocycles. The van der Waals surface area contributed by atoms with Gasteiger partial charge in [-0.15, -0.1) is 0 Å². The number of hydrogen-bond acceptors (Lipinski definition) is 2. The van der Waals surface area contributed by atoms with Crippen LogP contribution >= 0.6 is 0 Å². The van der Waals surface area contributed by atoms with E-state index in [1.807, 2.05) is 44.2 Å². The highest BCUT2D eigenvalue weighted by Crippen LogP contribution is 2.43. The molecule has 4 heteroatoms. The highest BCUT2D eigenvalue weighted by Gasteiger charge is 2.44. The number of rotatable bonds is 3. The number of nitrogens with zero attached hydrogens (tertiary/aromatic N) is 1. The van der Waals surface area contributed by atoms with Crippen molar-refractivity contribution in [2.75, 3.05) is 0 Å².